The second-order valence-corrected chi connectivity index (χ2v) is 5.26. The zero-order chi connectivity index (χ0) is 13.9. The van der Waals surface area contributed by atoms with E-state index < -0.39 is 5.41 Å². The Bertz CT molecular complexity index is 543. The summed E-state index contributed by atoms with van der Waals surface area (Å²) in [5.74, 6) is -0.0601. The number of hydrogen-bond donors (Lipinski definition) is 0. The van der Waals surface area contributed by atoms with Crippen LogP contribution in [0.1, 0.15) is 38.2 Å². The van der Waals surface area contributed by atoms with Crippen LogP contribution in [-0.2, 0) is 0 Å². The summed E-state index contributed by atoms with van der Waals surface area (Å²) in [6.07, 6.45) is 3.98. The molecule has 0 heterocycles. The molecule has 0 aromatic heterocycles. The quantitative estimate of drug-likeness (QED) is 0.739. The van der Waals surface area contributed by atoms with E-state index in [2.05, 4.69) is 25.1 Å². The van der Waals surface area contributed by atoms with Crippen molar-refractivity contribution < 1.29 is 0 Å². The molecule has 2 atom stereocenters. The number of nitrogens with zero attached hydrogens (tertiary/aromatic N) is 2. The van der Waals surface area contributed by atoms with Crippen LogP contribution in [0, 0.1) is 34.0 Å². The lowest BCUT2D eigenvalue weighted by atomic mass is 9.61. The van der Waals surface area contributed by atoms with Gasteiger partial charge in [-0.25, -0.2) is 0 Å². The third-order valence-electron chi connectivity index (χ3n) is 4.22. The highest BCUT2D eigenvalue weighted by atomic mass is 14.5. The Morgan fingerprint density at radius 3 is 2.37 bits per heavy atom. The van der Waals surface area contributed by atoms with E-state index in [1.54, 1.807) is 0 Å². The van der Waals surface area contributed by atoms with Crippen LogP contribution >= 0.6 is 0 Å². The SMILES string of the molecule is CCC1=C[C@@H](c2ccccc2)C(C#N)(C#N)[C@@H](C)C1. The summed E-state index contributed by atoms with van der Waals surface area (Å²) < 4.78 is 0. The molecule has 19 heavy (non-hydrogen) atoms. The first-order chi connectivity index (χ1) is 9.17. The molecule has 1 aromatic carbocycles. The van der Waals surface area contributed by atoms with Gasteiger partial charge in [-0.2, -0.15) is 10.5 Å². The molecule has 0 radical (unpaired) electrons. The fourth-order valence-electron chi connectivity index (χ4n) is 2.96. The molecular weight excluding hydrogens is 232 g/mol. The lowest BCUT2D eigenvalue weighted by Crippen LogP contribution is -2.35. The molecule has 2 rings (SSSR count). The molecule has 1 aliphatic rings. The van der Waals surface area contributed by atoms with E-state index in [9.17, 15) is 10.5 Å². The summed E-state index contributed by atoms with van der Waals surface area (Å²) in [4.78, 5) is 0. The predicted molar refractivity (Wildman–Crippen MR) is 75.0 cm³/mol. The molecule has 0 saturated carbocycles. The van der Waals surface area contributed by atoms with Crippen molar-refractivity contribution in [2.45, 2.75) is 32.6 Å². The Morgan fingerprint density at radius 2 is 1.84 bits per heavy atom. The van der Waals surface area contributed by atoms with Crippen LogP contribution in [0.2, 0.25) is 0 Å². The number of nitriles is 2. The van der Waals surface area contributed by atoms with Crippen molar-refractivity contribution in [3.8, 4) is 12.1 Å². The number of rotatable bonds is 2. The molecule has 0 N–H and O–H groups in total. The molecule has 0 spiro atoms. The van der Waals surface area contributed by atoms with Gasteiger partial charge in [0.1, 0.15) is 0 Å². The third-order valence-corrected chi connectivity index (χ3v) is 4.22. The minimum atomic E-state index is -0.944. The van der Waals surface area contributed by atoms with Gasteiger partial charge in [-0.15, -0.1) is 0 Å². The molecule has 0 saturated heterocycles. The van der Waals surface area contributed by atoms with E-state index in [1.165, 1.54) is 5.57 Å². The Morgan fingerprint density at radius 1 is 1.21 bits per heavy atom. The average Bonchev–Trinajstić information content (AvgIpc) is 2.47. The minimum absolute atomic E-state index is 0.0626. The molecule has 0 unspecified atom stereocenters. The first-order valence-electron chi connectivity index (χ1n) is 6.75. The summed E-state index contributed by atoms with van der Waals surface area (Å²) in [5.41, 5.74) is 1.46. The highest BCUT2D eigenvalue weighted by Gasteiger charge is 2.46. The Labute approximate surface area is 115 Å². The Balaban J connectivity index is 2.58. The van der Waals surface area contributed by atoms with Crippen molar-refractivity contribution in [2.24, 2.45) is 11.3 Å². The summed E-state index contributed by atoms with van der Waals surface area (Å²) in [5, 5.41) is 19.2. The zero-order valence-corrected chi connectivity index (χ0v) is 11.4. The Hall–Kier alpha value is -2.06. The van der Waals surface area contributed by atoms with Crippen molar-refractivity contribution >= 4 is 0 Å². The molecule has 1 aromatic rings. The lowest BCUT2D eigenvalue weighted by molar-refractivity contribution is 0.288. The summed E-state index contributed by atoms with van der Waals surface area (Å²) in [6, 6.07) is 14.5. The summed E-state index contributed by atoms with van der Waals surface area (Å²) >= 11 is 0. The average molecular weight is 250 g/mol. The van der Waals surface area contributed by atoms with Crippen LogP contribution in [0.3, 0.4) is 0 Å². The molecule has 0 fully saturated rings. The number of allylic oxidation sites excluding steroid dienone is 2. The largest absolute Gasteiger partial charge is 0.197 e. The van der Waals surface area contributed by atoms with Gasteiger partial charge in [0.25, 0.3) is 0 Å². The molecule has 0 amide bonds. The van der Waals surface area contributed by atoms with Gasteiger partial charge in [0.2, 0.25) is 0 Å². The maximum absolute atomic E-state index is 9.60. The fourth-order valence-corrected chi connectivity index (χ4v) is 2.96. The molecular formula is C17H18N2. The van der Waals surface area contributed by atoms with Gasteiger partial charge >= 0.3 is 0 Å². The van der Waals surface area contributed by atoms with Crippen molar-refractivity contribution in [3.05, 3.63) is 47.5 Å². The molecule has 2 nitrogen and oxygen atoms in total. The fraction of sp³-hybridized carbons (Fsp3) is 0.412. The molecule has 0 bridgehead atoms. The van der Waals surface area contributed by atoms with Crippen LogP contribution < -0.4 is 0 Å². The predicted octanol–water partition coefficient (Wildman–Crippen LogP) is 4.18. The van der Waals surface area contributed by atoms with Crippen LogP contribution in [-0.4, -0.2) is 0 Å². The van der Waals surface area contributed by atoms with E-state index in [4.69, 9.17) is 0 Å². The van der Waals surface area contributed by atoms with Crippen molar-refractivity contribution in [1.29, 1.82) is 10.5 Å². The van der Waals surface area contributed by atoms with E-state index in [1.807, 2.05) is 37.3 Å². The number of hydrogen-bond acceptors (Lipinski definition) is 2. The second kappa shape index (κ2) is 5.29. The molecule has 2 heteroatoms. The minimum Gasteiger partial charge on any atom is -0.197 e. The van der Waals surface area contributed by atoms with Gasteiger partial charge in [0.15, 0.2) is 5.41 Å². The Kier molecular flexibility index (Phi) is 3.72. The van der Waals surface area contributed by atoms with E-state index >= 15 is 0 Å². The van der Waals surface area contributed by atoms with Crippen LogP contribution in [0.25, 0.3) is 0 Å². The molecule has 1 aliphatic carbocycles. The van der Waals surface area contributed by atoms with Gasteiger partial charge < -0.3 is 0 Å². The maximum atomic E-state index is 9.60. The number of benzene rings is 1. The maximum Gasteiger partial charge on any atom is 0.156 e. The second-order valence-electron chi connectivity index (χ2n) is 5.26. The van der Waals surface area contributed by atoms with Crippen molar-refractivity contribution in [2.75, 3.05) is 0 Å². The van der Waals surface area contributed by atoms with Gasteiger partial charge in [0, 0.05) is 5.92 Å². The van der Waals surface area contributed by atoms with Gasteiger partial charge in [-0.1, -0.05) is 55.8 Å². The first-order valence-corrected chi connectivity index (χ1v) is 6.75. The van der Waals surface area contributed by atoms with Crippen LogP contribution in [0.4, 0.5) is 0 Å². The topological polar surface area (TPSA) is 47.6 Å². The van der Waals surface area contributed by atoms with E-state index in [0.717, 1.165) is 18.4 Å². The molecule has 0 aliphatic heterocycles. The zero-order valence-electron chi connectivity index (χ0n) is 11.4. The van der Waals surface area contributed by atoms with Crippen LogP contribution in [0.15, 0.2) is 42.0 Å². The first kappa shape index (κ1) is 13.4. The van der Waals surface area contributed by atoms with E-state index in [0.29, 0.717) is 0 Å². The van der Waals surface area contributed by atoms with Gasteiger partial charge in [0.05, 0.1) is 12.1 Å². The third kappa shape index (κ3) is 2.15. The smallest absolute Gasteiger partial charge is 0.156 e. The van der Waals surface area contributed by atoms with Gasteiger partial charge in [-0.05, 0) is 24.3 Å². The standard InChI is InChI=1S/C17H18N2/c1-3-14-9-13(2)17(11-18,12-19)16(10-14)15-7-5-4-6-8-15/h4-8,10,13,16H,3,9H2,1-2H3/t13-,16-/m0/s1. The highest BCUT2D eigenvalue weighted by molar-refractivity contribution is 5.39. The lowest BCUT2D eigenvalue weighted by Gasteiger charge is -2.37. The molecule has 96 valence electrons. The van der Waals surface area contributed by atoms with E-state index in [-0.39, 0.29) is 11.8 Å². The normalized spacial score (nSPS) is 24.9. The summed E-state index contributed by atoms with van der Waals surface area (Å²) in [6.45, 7) is 4.15. The monoisotopic (exact) mass is 250 g/mol. The van der Waals surface area contributed by atoms with Crippen molar-refractivity contribution in [3.63, 3.8) is 0 Å². The summed E-state index contributed by atoms with van der Waals surface area (Å²) in [7, 11) is 0. The van der Waals surface area contributed by atoms with Crippen LogP contribution in [0.5, 0.6) is 0 Å². The van der Waals surface area contributed by atoms with Crippen molar-refractivity contribution in [1.82, 2.24) is 0 Å². The van der Waals surface area contributed by atoms with Gasteiger partial charge in [-0.3, -0.25) is 0 Å². The highest BCUT2D eigenvalue weighted by Crippen LogP contribution is 2.49.